The number of hydrogen-bond donors (Lipinski definition) is 2. The Morgan fingerprint density at radius 3 is 3.05 bits per heavy atom. The van der Waals surface area contributed by atoms with Crippen molar-refractivity contribution in [3.8, 4) is 0 Å². The zero-order chi connectivity index (χ0) is 13.4. The average molecular weight is 277 g/mol. The van der Waals surface area contributed by atoms with Crippen molar-refractivity contribution < 1.29 is 0 Å². The highest BCUT2D eigenvalue weighted by Gasteiger charge is 2.20. The van der Waals surface area contributed by atoms with Crippen LogP contribution in [-0.2, 0) is 0 Å². The molecule has 5 heteroatoms. The number of nitrogens with zero attached hydrogens (tertiary/aromatic N) is 2. The maximum atomic E-state index is 6.08. The summed E-state index contributed by atoms with van der Waals surface area (Å²) in [6.07, 6.45) is 2.83. The SMILES string of the molecule is CN1CC[C@@H](Nc2c(N)cnc3ccc(Cl)cc23)C1. The Hall–Kier alpha value is -1.52. The molecule has 1 saturated heterocycles. The molecule has 1 aliphatic rings. The van der Waals surface area contributed by atoms with Crippen LogP contribution in [0.15, 0.2) is 24.4 Å². The summed E-state index contributed by atoms with van der Waals surface area (Å²) in [6.45, 7) is 2.14. The second-order valence-corrected chi connectivity index (χ2v) is 5.58. The van der Waals surface area contributed by atoms with E-state index < -0.39 is 0 Å². The van der Waals surface area contributed by atoms with Gasteiger partial charge in [0.1, 0.15) is 0 Å². The van der Waals surface area contributed by atoms with Crippen LogP contribution < -0.4 is 11.1 Å². The van der Waals surface area contributed by atoms with Gasteiger partial charge in [-0.2, -0.15) is 0 Å². The van der Waals surface area contributed by atoms with Gasteiger partial charge in [-0.05, 0) is 38.2 Å². The first-order valence-electron chi connectivity index (χ1n) is 6.42. The first kappa shape index (κ1) is 12.5. The Morgan fingerprint density at radius 1 is 1.47 bits per heavy atom. The van der Waals surface area contributed by atoms with Crippen LogP contribution in [0.4, 0.5) is 11.4 Å². The van der Waals surface area contributed by atoms with Crippen molar-refractivity contribution in [3.05, 3.63) is 29.4 Å². The molecular formula is C14H17ClN4. The Morgan fingerprint density at radius 2 is 2.32 bits per heavy atom. The number of likely N-dealkylation sites (tertiary alicyclic amines) is 1. The lowest BCUT2D eigenvalue weighted by Crippen LogP contribution is -2.24. The number of hydrogen-bond acceptors (Lipinski definition) is 4. The smallest absolute Gasteiger partial charge is 0.0743 e. The third kappa shape index (κ3) is 2.46. The first-order chi connectivity index (χ1) is 9.13. The number of halogens is 1. The number of aromatic nitrogens is 1. The minimum absolute atomic E-state index is 0.428. The third-order valence-corrected chi connectivity index (χ3v) is 3.83. The van der Waals surface area contributed by atoms with Crippen molar-refractivity contribution in [2.24, 2.45) is 0 Å². The van der Waals surface area contributed by atoms with E-state index >= 15 is 0 Å². The first-order valence-corrected chi connectivity index (χ1v) is 6.80. The monoisotopic (exact) mass is 276 g/mol. The minimum Gasteiger partial charge on any atom is -0.396 e. The summed E-state index contributed by atoms with van der Waals surface area (Å²) in [5.74, 6) is 0. The summed E-state index contributed by atoms with van der Waals surface area (Å²) < 4.78 is 0. The Balaban J connectivity index is 2.01. The highest BCUT2D eigenvalue weighted by Crippen LogP contribution is 2.31. The van der Waals surface area contributed by atoms with Gasteiger partial charge in [-0.3, -0.25) is 4.98 Å². The van der Waals surface area contributed by atoms with E-state index in [1.807, 2.05) is 18.2 Å². The molecule has 0 amide bonds. The number of rotatable bonds is 2. The summed E-state index contributed by atoms with van der Waals surface area (Å²) in [4.78, 5) is 6.65. The van der Waals surface area contributed by atoms with Gasteiger partial charge in [0.2, 0.25) is 0 Å². The van der Waals surface area contributed by atoms with Crippen molar-refractivity contribution in [1.29, 1.82) is 0 Å². The number of benzene rings is 1. The van der Waals surface area contributed by atoms with E-state index in [4.69, 9.17) is 17.3 Å². The summed E-state index contributed by atoms with van der Waals surface area (Å²) in [5.41, 5.74) is 8.60. The molecule has 4 nitrogen and oxygen atoms in total. The number of likely N-dealkylation sites (N-methyl/N-ethyl adjacent to an activating group) is 1. The van der Waals surface area contributed by atoms with E-state index in [1.54, 1.807) is 6.20 Å². The van der Waals surface area contributed by atoms with Crippen LogP contribution in [0.5, 0.6) is 0 Å². The minimum atomic E-state index is 0.428. The fraction of sp³-hybridized carbons (Fsp3) is 0.357. The van der Waals surface area contributed by atoms with Gasteiger partial charge in [0.25, 0.3) is 0 Å². The lowest BCUT2D eigenvalue weighted by atomic mass is 10.1. The molecule has 2 aromatic rings. The molecular weight excluding hydrogens is 260 g/mol. The molecule has 3 rings (SSSR count). The van der Waals surface area contributed by atoms with E-state index in [2.05, 4.69) is 22.2 Å². The van der Waals surface area contributed by atoms with Gasteiger partial charge < -0.3 is 16.0 Å². The fourth-order valence-electron chi connectivity index (χ4n) is 2.60. The Labute approximate surface area is 117 Å². The normalized spacial score (nSPS) is 20.0. The van der Waals surface area contributed by atoms with Crippen molar-refractivity contribution in [1.82, 2.24) is 9.88 Å². The molecule has 0 spiro atoms. The molecule has 100 valence electrons. The standard InChI is InChI=1S/C14H17ClN4/c1-19-5-4-10(8-19)18-14-11-6-9(15)2-3-13(11)17-7-12(14)16/h2-3,6-7,10H,4-5,8,16H2,1H3,(H,17,18)/t10-/m1/s1. The third-order valence-electron chi connectivity index (χ3n) is 3.60. The molecule has 1 aromatic heterocycles. The maximum absolute atomic E-state index is 6.08. The number of nitrogen functional groups attached to an aromatic ring is 1. The van der Waals surface area contributed by atoms with Crippen molar-refractivity contribution in [3.63, 3.8) is 0 Å². The summed E-state index contributed by atoms with van der Waals surface area (Å²) in [6, 6.07) is 6.11. The molecule has 0 radical (unpaired) electrons. The van der Waals surface area contributed by atoms with Gasteiger partial charge in [-0.25, -0.2) is 0 Å². The summed E-state index contributed by atoms with van der Waals surface area (Å²) in [7, 11) is 2.13. The van der Waals surface area contributed by atoms with E-state index in [-0.39, 0.29) is 0 Å². The summed E-state index contributed by atoms with van der Waals surface area (Å²) in [5, 5.41) is 5.23. The highest BCUT2D eigenvalue weighted by molar-refractivity contribution is 6.31. The van der Waals surface area contributed by atoms with Gasteiger partial charge >= 0.3 is 0 Å². The van der Waals surface area contributed by atoms with E-state index in [0.29, 0.717) is 16.8 Å². The molecule has 1 aliphatic heterocycles. The molecule has 0 saturated carbocycles. The van der Waals surface area contributed by atoms with Crippen molar-refractivity contribution in [2.45, 2.75) is 12.5 Å². The van der Waals surface area contributed by atoms with Crippen LogP contribution in [0.3, 0.4) is 0 Å². The zero-order valence-electron chi connectivity index (χ0n) is 10.9. The average Bonchev–Trinajstić information content (AvgIpc) is 2.79. The maximum Gasteiger partial charge on any atom is 0.0743 e. The van der Waals surface area contributed by atoms with Gasteiger partial charge in [-0.15, -0.1) is 0 Å². The van der Waals surface area contributed by atoms with Crippen LogP contribution in [-0.4, -0.2) is 36.1 Å². The molecule has 1 aromatic carbocycles. The molecule has 0 aliphatic carbocycles. The Bertz CT molecular complexity index is 608. The highest BCUT2D eigenvalue weighted by atomic mass is 35.5. The van der Waals surface area contributed by atoms with Gasteiger partial charge in [0.15, 0.2) is 0 Å². The van der Waals surface area contributed by atoms with Crippen molar-refractivity contribution >= 4 is 33.9 Å². The predicted molar refractivity (Wildman–Crippen MR) is 80.7 cm³/mol. The second kappa shape index (κ2) is 4.87. The largest absolute Gasteiger partial charge is 0.396 e. The molecule has 1 fully saturated rings. The molecule has 3 N–H and O–H groups in total. The van der Waals surface area contributed by atoms with E-state index in [9.17, 15) is 0 Å². The molecule has 0 unspecified atom stereocenters. The molecule has 19 heavy (non-hydrogen) atoms. The number of nitrogens with one attached hydrogen (secondary N) is 1. The van der Waals surface area contributed by atoms with E-state index in [0.717, 1.165) is 36.1 Å². The second-order valence-electron chi connectivity index (χ2n) is 5.14. The van der Waals surface area contributed by atoms with Crippen LogP contribution in [0, 0.1) is 0 Å². The van der Waals surface area contributed by atoms with Crippen LogP contribution in [0.25, 0.3) is 10.9 Å². The topological polar surface area (TPSA) is 54.2 Å². The van der Waals surface area contributed by atoms with E-state index in [1.165, 1.54) is 0 Å². The zero-order valence-corrected chi connectivity index (χ0v) is 11.6. The van der Waals surface area contributed by atoms with Crippen LogP contribution in [0.2, 0.25) is 5.02 Å². The number of anilines is 2. The van der Waals surface area contributed by atoms with Gasteiger partial charge in [0, 0.05) is 23.0 Å². The summed E-state index contributed by atoms with van der Waals surface area (Å²) >= 11 is 6.08. The molecule has 2 heterocycles. The molecule has 0 bridgehead atoms. The quantitative estimate of drug-likeness (QED) is 0.885. The molecule has 1 atom stereocenters. The number of pyridine rings is 1. The lowest BCUT2D eigenvalue weighted by molar-refractivity contribution is 0.414. The van der Waals surface area contributed by atoms with Crippen LogP contribution >= 0.6 is 11.6 Å². The predicted octanol–water partition coefficient (Wildman–Crippen LogP) is 2.59. The Kier molecular flexibility index (Phi) is 3.21. The lowest BCUT2D eigenvalue weighted by Gasteiger charge is -2.17. The van der Waals surface area contributed by atoms with Gasteiger partial charge in [-0.1, -0.05) is 11.6 Å². The number of fused-ring (bicyclic) bond motifs is 1. The fourth-order valence-corrected chi connectivity index (χ4v) is 2.77. The van der Waals surface area contributed by atoms with Gasteiger partial charge in [0.05, 0.1) is 23.1 Å². The van der Waals surface area contributed by atoms with Crippen molar-refractivity contribution in [2.75, 3.05) is 31.2 Å². The van der Waals surface area contributed by atoms with Crippen LogP contribution in [0.1, 0.15) is 6.42 Å². The number of nitrogens with two attached hydrogens (primary N) is 1.